The van der Waals surface area contributed by atoms with Gasteiger partial charge in [-0.05, 0) is 234 Å². The van der Waals surface area contributed by atoms with Gasteiger partial charge in [0.2, 0.25) is 0 Å². The lowest BCUT2D eigenvalue weighted by molar-refractivity contribution is 0.660. The van der Waals surface area contributed by atoms with Crippen LogP contribution in [0, 0.1) is 27.7 Å². The van der Waals surface area contributed by atoms with Crippen LogP contribution in [0.25, 0.3) is 79.9 Å². The average Bonchev–Trinajstić information content (AvgIpc) is 1.62. The van der Waals surface area contributed by atoms with Crippen molar-refractivity contribution in [3.05, 3.63) is 333 Å². The summed E-state index contributed by atoms with van der Waals surface area (Å²) in [7, 11) is 0. The van der Waals surface area contributed by atoms with Gasteiger partial charge in [-0.25, -0.2) is 0 Å². The van der Waals surface area contributed by atoms with Crippen molar-refractivity contribution < 1.29 is 0 Å². The summed E-state index contributed by atoms with van der Waals surface area (Å²) < 4.78 is 0. The first kappa shape index (κ1) is 57.2. The van der Waals surface area contributed by atoms with E-state index in [2.05, 4.69) is 358 Å². The van der Waals surface area contributed by atoms with Crippen LogP contribution in [0.15, 0.2) is 255 Å². The third-order valence-corrected chi connectivity index (χ3v) is 19.9. The molecule has 0 saturated heterocycles. The molecule has 0 bridgehead atoms. The summed E-state index contributed by atoms with van der Waals surface area (Å²) in [5.41, 5.74) is 37.0. The van der Waals surface area contributed by atoms with E-state index in [4.69, 9.17) is 0 Å². The Hall–Kier alpha value is -10.3. The van der Waals surface area contributed by atoms with E-state index in [0.29, 0.717) is 0 Å². The van der Waals surface area contributed by atoms with Gasteiger partial charge in [0.15, 0.2) is 0 Å². The van der Waals surface area contributed by atoms with Crippen LogP contribution in [0.5, 0.6) is 0 Å². The number of nitrogens with zero attached hydrogens (tertiary/aromatic N) is 2. The topological polar surface area (TPSA) is 6.48 Å². The standard InChI is InChI=1S/C89H76N2/c1-57-43-58(2)46-73(45-57)90(69-25-17-23-67(53-69)65-19-13-11-14-20-65)71-35-41-79-77-39-33-63(51-83(77)88(7,8)85(79)55-71)29-27-61-31-37-75-76-38-32-62(50-82(76)87(5,6)81(75)49-61)28-30-64-34-40-78-80-42-36-72(56-86(80)89(9,10)84(78)52-64)91(74-47-59(3)44-60(4)48-74)70-26-18-24-68(54-70)66-21-15-12-16-22-66/h11-56H,1-10H3. The summed E-state index contributed by atoms with van der Waals surface area (Å²) in [6.07, 6.45) is 9.21. The second kappa shape index (κ2) is 22.0. The fraction of sp³-hybridized carbons (Fsp3) is 0.146. The van der Waals surface area contributed by atoms with Gasteiger partial charge in [-0.2, -0.15) is 0 Å². The van der Waals surface area contributed by atoms with Crippen LogP contribution in [0.3, 0.4) is 0 Å². The van der Waals surface area contributed by atoms with Gasteiger partial charge >= 0.3 is 0 Å². The van der Waals surface area contributed by atoms with E-state index in [-0.39, 0.29) is 16.2 Å². The number of anilines is 6. The highest BCUT2D eigenvalue weighted by Gasteiger charge is 2.39. The van der Waals surface area contributed by atoms with E-state index in [1.165, 1.54) is 134 Å². The predicted molar refractivity (Wildman–Crippen MR) is 389 cm³/mol. The summed E-state index contributed by atoms with van der Waals surface area (Å²) >= 11 is 0. The number of rotatable bonds is 12. The van der Waals surface area contributed by atoms with Crippen molar-refractivity contribution in [1.82, 2.24) is 0 Å². The molecule has 442 valence electrons. The zero-order valence-electron chi connectivity index (χ0n) is 54.0. The van der Waals surface area contributed by atoms with Gasteiger partial charge in [0.25, 0.3) is 0 Å². The second-order valence-electron chi connectivity index (χ2n) is 27.4. The van der Waals surface area contributed by atoms with Crippen molar-refractivity contribution in [3.8, 4) is 55.6 Å². The lowest BCUT2D eigenvalue weighted by Crippen LogP contribution is -2.17. The third-order valence-electron chi connectivity index (χ3n) is 19.9. The van der Waals surface area contributed by atoms with E-state index < -0.39 is 0 Å². The van der Waals surface area contributed by atoms with Crippen LogP contribution in [0.1, 0.15) is 119 Å². The number of benzene rings is 12. The van der Waals surface area contributed by atoms with Crippen molar-refractivity contribution in [1.29, 1.82) is 0 Å². The number of fused-ring (bicyclic) bond motifs is 9. The Labute approximate surface area is 538 Å². The Morgan fingerprint density at radius 1 is 0.220 bits per heavy atom. The molecule has 0 heterocycles. The maximum Gasteiger partial charge on any atom is 0.0467 e. The monoisotopic (exact) mass is 1170 g/mol. The van der Waals surface area contributed by atoms with E-state index in [1.54, 1.807) is 0 Å². The van der Waals surface area contributed by atoms with Gasteiger partial charge in [0.05, 0.1) is 0 Å². The summed E-state index contributed by atoms with van der Waals surface area (Å²) in [6, 6.07) is 95.5. The molecule has 0 unspecified atom stereocenters. The molecule has 2 heteroatoms. The largest absolute Gasteiger partial charge is 0.310 e. The molecule has 15 rings (SSSR count). The fourth-order valence-electron chi connectivity index (χ4n) is 15.3. The van der Waals surface area contributed by atoms with Crippen molar-refractivity contribution in [2.24, 2.45) is 0 Å². The molecule has 12 aromatic rings. The van der Waals surface area contributed by atoms with Gasteiger partial charge < -0.3 is 9.80 Å². The fourth-order valence-corrected chi connectivity index (χ4v) is 15.3. The first-order chi connectivity index (χ1) is 43.9. The summed E-state index contributed by atoms with van der Waals surface area (Å²) in [6.45, 7) is 23.1. The van der Waals surface area contributed by atoms with Crippen LogP contribution in [-0.4, -0.2) is 0 Å². The molecule has 0 aliphatic heterocycles. The van der Waals surface area contributed by atoms with E-state index >= 15 is 0 Å². The molecule has 12 aromatic carbocycles. The molecule has 0 aromatic heterocycles. The SMILES string of the molecule is Cc1cc(C)cc(N(c2cccc(-c3ccccc3)c2)c2ccc3c(c2)C(C)(C)c2cc(C=Cc4ccc5c(c4)C(C)(C)c4cc(C=Cc6ccc7c(c6)C(C)(C)c6cc(N(c8cc(C)cc(C)c8)c8cccc(-c9ccccc9)c8)ccc6-7)ccc4-5)ccc2-3)c1. The van der Waals surface area contributed by atoms with Crippen molar-refractivity contribution in [2.75, 3.05) is 9.80 Å². The Bertz CT molecular complexity index is 4600. The predicted octanol–water partition coefficient (Wildman–Crippen LogP) is 24.5. The number of aryl methyl sites for hydroxylation is 4. The summed E-state index contributed by atoms with van der Waals surface area (Å²) in [5, 5.41) is 0. The molecule has 3 aliphatic rings. The molecule has 0 atom stereocenters. The quantitative estimate of drug-likeness (QED) is 0.113. The number of hydrogen-bond donors (Lipinski definition) is 0. The normalized spacial score (nSPS) is 14.2. The molecule has 91 heavy (non-hydrogen) atoms. The minimum absolute atomic E-state index is 0.167. The van der Waals surface area contributed by atoms with Crippen molar-refractivity contribution >= 4 is 58.4 Å². The Morgan fingerprint density at radius 3 is 0.791 bits per heavy atom. The van der Waals surface area contributed by atoms with Crippen LogP contribution in [0.4, 0.5) is 34.1 Å². The minimum Gasteiger partial charge on any atom is -0.310 e. The highest BCUT2D eigenvalue weighted by atomic mass is 15.1. The van der Waals surface area contributed by atoms with E-state index in [9.17, 15) is 0 Å². The molecule has 0 amide bonds. The molecule has 3 aliphatic carbocycles. The van der Waals surface area contributed by atoms with E-state index in [1.807, 2.05) is 0 Å². The second-order valence-corrected chi connectivity index (χ2v) is 27.4. The lowest BCUT2D eigenvalue weighted by Gasteiger charge is -2.29. The molecule has 0 N–H and O–H groups in total. The molecule has 0 saturated carbocycles. The molecular formula is C89H76N2. The summed E-state index contributed by atoms with van der Waals surface area (Å²) in [4.78, 5) is 4.87. The maximum atomic E-state index is 2.44. The first-order valence-corrected chi connectivity index (χ1v) is 32.3. The molecular weight excluding hydrogens is 1100 g/mol. The van der Waals surface area contributed by atoms with Gasteiger partial charge in [0, 0.05) is 50.4 Å². The smallest absolute Gasteiger partial charge is 0.0467 e. The van der Waals surface area contributed by atoms with Crippen LogP contribution >= 0.6 is 0 Å². The van der Waals surface area contributed by atoms with Crippen LogP contribution < -0.4 is 9.80 Å². The lowest BCUT2D eigenvalue weighted by atomic mass is 9.81. The van der Waals surface area contributed by atoms with E-state index in [0.717, 1.165) is 34.1 Å². The molecule has 0 fully saturated rings. The van der Waals surface area contributed by atoms with Crippen molar-refractivity contribution in [3.63, 3.8) is 0 Å². The zero-order valence-corrected chi connectivity index (χ0v) is 54.0. The van der Waals surface area contributed by atoms with Gasteiger partial charge in [-0.3, -0.25) is 0 Å². The molecule has 0 radical (unpaired) electrons. The third kappa shape index (κ3) is 10.2. The van der Waals surface area contributed by atoms with Gasteiger partial charge in [0.1, 0.15) is 0 Å². The Morgan fingerprint density at radius 2 is 0.484 bits per heavy atom. The number of hydrogen-bond acceptors (Lipinski definition) is 2. The molecule has 0 spiro atoms. The van der Waals surface area contributed by atoms with Crippen molar-refractivity contribution in [2.45, 2.75) is 85.5 Å². The highest BCUT2D eigenvalue weighted by Crippen LogP contribution is 2.54. The summed E-state index contributed by atoms with van der Waals surface area (Å²) in [5.74, 6) is 0. The van der Waals surface area contributed by atoms with Crippen LogP contribution in [-0.2, 0) is 16.2 Å². The Balaban J connectivity index is 0.667. The molecule has 2 nitrogen and oxygen atoms in total. The Kier molecular flexibility index (Phi) is 13.8. The highest BCUT2D eigenvalue weighted by molar-refractivity contribution is 5.91. The van der Waals surface area contributed by atoms with Gasteiger partial charge in [-0.15, -0.1) is 0 Å². The minimum atomic E-state index is -0.207. The average molecular weight is 1170 g/mol. The van der Waals surface area contributed by atoms with Crippen LogP contribution in [0.2, 0.25) is 0 Å². The zero-order chi connectivity index (χ0) is 62.5. The maximum absolute atomic E-state index is 2.44. The van der Waals surface area contributed by atoms with Gasteiger partial charge in [-0.1, -0.05) is 248 Å². The first-order valence-electron chi connectivity index (χ1n) is 32.3.